The lowest BCUT2D eigenvalue weighted by Crippen LogP contribution is -2.11. The molecule has 0 aliphatic heterocycles. The monoisotopic (exact) mass is 191 g/mol. The van der Waals surface area contributed by atoms with Crippen LogP contribution in [0.4, 0.5) is 0 Å². The van der Waals surface area contributed by atoms with E-state index >= 15 is 0 Å². The maximum absolute atomic E-state index is 9.13. The highest BCUT2D eigenvalue weighted by molar-refractivity contribution is 5.81. The first-order chi connectivity index (χ1) is 6.68. The van der Waals surface area contributed by atoms with E-state index in [9.17, 15) is 0 Å². The summed E-state index contributed by atoms with van der Waals surface area (Å²) >= 11 is 0. The number of fused-ring (bicyclic) bond motifs is 1. The maximum atomic E-state index is 9.13. The molecule has 1 heterocycles. The molecule has 0 saturated heterocycles. The van der Waals surface area contributed by atoms with E-state index in [2.05, 4.69) is 0 Å². The van der Waals surface area contributed by atoms with Crippen molar-refractivity contribution < 1.29 is 9.62 Å². The lowest BCUT2D eigenvalue weighted by molar-refractivity contribution is -0.0773. The van der Waals surface area contributed by atoms with Gasteiger partial charge in [-0.2, -0.15) is 5.06 Å². The molecule has 0 fully saturated rings. The van der Waals surface area contributed by atoms with Crippen molar-refractivity contribution in [2.75, 3.05) is 7.05 Å². The highest BCUT2D eigenvalue weighted by atomic mass is 16.5. The molecule has 14 heavy (non-hydrogen) atoms. The van der Waals surface area contributed by atoms with Crippen LogP contribution >= 0.6 is 0 Å². The molecule has 0 atom stereocenters. The molecule has 74 valence electrons. The van der Waals surface area contributed by atoms with E-state index in [1.807, 2.05) is 31.2 Å². The fraction of sp³-hybridized carbons (Fsp3) is 0.273. The maximum Gasteiger partial charge on any atom is 0.134 e. The predicted octanol–water partition coefficient (Wildman–Crippen LogP) is 2.56. The Morgan fingerprint density at radius 1 is 1.36 bits per heavy atom. The standard InChI is InChI=1S/C11H13NO2/c1-8-9-5-3-4-6-10(9)14-11(8)7-12(2)13/h3-6,13H,7H2,1-2H3. The van der Waals surface area contributed by atoms with Gasteiger partial charge in [0.2, 0.25) is 0 Å². The molecule has 3 nitrogen and oxygen atoms in total. The number of rotatable bonds is 2. The Hall–Kier alpha value is -1.32. The third-order valence-corrected chi connectivity index (χ3v) is 2.31. The summed E-state index contributed by atoms with van der Waals surface area (Å²) < 4.78 is 5.61. The summed E-state index contributed by atoms with van der Waals surface area (Å²) in [6, 6.07) is 7.88. The van der Waals surface area contributed by atoms with Crippen molar-refractivity contribution >= 4 is 11.0 Å². The summed E-state index contributed by atoms with van der Waals surface area (Å²) in [5, 5.41) is 11.4. The Morgan fingerprint density at radius 2 is 2.07 bits per heavy atom. The third-order valence-electron chi connectivity index (χ3n) is 2.31. The van der Waals surface area contributed by atoms with E-state index in [0.29, 0.717) is 6.54 Å². The lowest BCUT2D eigenvalue weighted by atomic mass is 10.1. The van der Waals surface area contributed by atoms with E-state index in [1.165, 1.54) is 0 Å². The van der Waals surface area contributed by atoms with Crippen LogP contribution in [0.3, 0.4) is 0 Å². The number of hydroxylamine groups is 2. The second-order valence-electron chi connectivity index (χ2n) is 3.46. The minimum absolute atomic E-state index is 0.417. The van der Waals surface area contributed by atoms with Crippen LogP contribution in [-0.4, -0.2) is 17.3 Å². The van der Waals surface area contributed by atoms with E-state index in [1.54, 1.807) is 7.05 Å². The molecule has 0 amide bonds. The number of furan rings is 1. The van der Waals surface area contributed by atoms with Crippen LogP contribution in [0.1, 0.15) is 11.3 Å². The van der Waals surface area contributed by atoms with Crippen molar-refractivity contribution in [3.63, 3.8) is 0 Å². The molecule has 0 bridgehead atoms. The summed E-state index contributed by atoms with van der Waals surface area (Å²) in [6.07, 6.45) is 0. The average Bonchev–Trinajstić information content (AvgIpc) is 2.44. The van der Waals surface area contributed by atoms with Crippen molar-refractivity contribution in [2.45, 2.75) is 13.5 Å². The molecule has 0 radical (unpaired) electrons. The minimum atomic E-state index is 0.417. The molecule has 0 aliphatic rings. The molecule has 0 aliphatic carbocycles. The van der Waals surface area contributed by atoms with Crippen LogP contribution in [0.25, 0.3) is 11.0 Å². The summed E-state index contributed by atoms with van der Waals surface area (Å²) in [7, 11) is 1.60. The fourth-order valence-electron chi connectivity index (χ4n) is 1.58. The smallest absolute Gasteiger partial charge is 0.134 e. The van der Waals surface area contributed by atoms with Crippen molar-refractivity contribution in [2.24, 2.45) is 0 Å². The van der Waals surface area contributed by atoms with Gasteiger partial charge in [0.25, 0.3) is 0 Å². The minimum Gasteiger partial charge on any atom is -0.459 e. The Kier molecular flexibility index (Phi) is 2.27. The average molecular weight is 191 g/mol. The van der Waals surface area contributed by atoms with Gasteiger partial charge in [-0.3, -0.25) is 0 Å². The van der Waals surface area contributed by atoms with Gasteiger partial charge in [-0.15, -0.1) is 0 Å². The molecule has 2 rings (SSSR count). The number of nitrogens with zero attached hydrogens (tertiary/aromatic N) is 1. The molecule has 2 aromatic rings. The molecule has 3 heteroatoms. The topological polar surface area (TPSA) is 36.6 Å². The van der Waals surface area contributed by atoms with Crippen LogP contribution in [0.5, 0.6) is 0 Å². The fourth-order valence-corrected chi connectivity index (χ4v) is 1.58. The van der Waals surface area contributed by atoms with E-state index in [4.69, 9.17) is 9.62 Å². The van der Waals surface area contributed by atoms with Crippen molar-refractivity contribution in [3.05, 3.63) is 35.6 Å². The van der Waals surface area contributed by atoms with Gasteiger partial charge in [0, 0.05) is 12.4 Å². The summed E-state index contributed by atoms with van der Waals surface area (Å²) in [6.45, 7) is 2.42. The number of aryl methyl sites for hydroxylation is 1. The second kappa shape index (κ2) is 3.44. The van der Waals surface area contributed by atoms with Gasteiger partial charge >= 0.3 is 0 Å². The van der Waals surface area contributed by atoms with Crippen molar-refractivity contribution in [3.8, 4) is 0 Å². The first kappa shape index (κ1) is 9.24. The zero-order valence-corrected chi connectivity index (χ0v) is 8.32. The Morgan fingerprint density at radius 3 is 2.71 bits per heavy atom. The second-order valence-corrected chi connectivity index (χ2v) is 3.46. The van der Waals surface area contributed by atoms with Crippen LogP contribution in [0, 0.1) is 6.92 Å². The predicted molar refractivity (Wildman–Crippen MR) is 54.2 cm³/mol. The quantitative estimate of drug-likeness (QED) is 0.741. The molecule has 0 spiro atoms. The SMILES string of the molecule is Cc1c(CN(C)O)oc2ccccc12. The van der Waals surface area contributed by atoms with Crippen LogP contribution in [0.15, 0.2) is 28.7 Å². The third kappa shape index (κ3) is 1.52. The van der Waals surface area contributed by atoms with Gasteiger partial charge in [0.1, 0.15) is 11.3 Å². The molecule has 1 aromatic heterocycles. The number of para-hydroxylation sites is 1. The van der Waals surface area contributed by atoms with Crippen LogP contribution < -0.4 is 0 Å². The highest BCUT2D eigenvalue weighted by Gasteiger charge is 2.10. The molecule has 0 saturated carbocycles. The number of hydrogen-bond acceptors (Lipinski definition) is 3. The number of hydrogen-bond donors (Lipinski definition) is 1. The van der Waals surface area contributed by atoms with E-state index in [-0.39, 0.29) is 0 Å². The number of benzene rings is 1. The van der Waals surface area contributed by atoms with Crippen LogP contribution in [-0.2, 0) is 6.54 Å². The molecule has 1 N–H and O–H groups in total. The zero-order valence-electron chi connectivity index (χ0n) is 8.32. The highest BCUT2D eigenvalue weighted by Crippen LogP contribution is 2.25. The van der Waals surface area contributed by atoms with Crippen molar-refractivity contribution in [1.82, 2.24) is 5.06 Å². The summed E-state index contributed by atoms with van der Waals surface area (Å²) in [5.41, 5.74) is 1.98. The summed E-state index contributed by atoms with van der Waals surface area (Å²) in [5.74, 6) is 0.816. The van der Waals surface area contributed by atoms with Gasteiger partial charge in [0.15, 0.2) is 0 Å². The normalized spacial score (nSPS) is 11.4. The lowest BCUT2D eigenvalue weighted by Gasteiger charge is -2.04. The first-order valence-electron chi connectivity index (χ1n) is 4.55. The van der Waals surface area contributed by atoms with Gasteiger partial charge in [-0.05, 0) is 18.6 Å². The van der Waals surface area contributed by atoms with Crippen molar-refractivity contribution in [1.29, 1.82) is 0 Å². The molecular formula is C11H13NO2. The Labute approximate surface area is 82.5 Å². The van der Waals surface area contributed by atoms with E-state index < -0.39 is 0 Å². The molecule has 1 aromatic carbocycles. The van der Waals surface area contributed by atoms with E-state index in [0.717, 1.165) is 27.4 Å². The molecule has 0 unspecified atom stereocenters. The van der Waals surface area contributed by atoms with Gasteiger partial charge < -0.3 is 9.62 Å². The Bertz CT molecular complexity index is 445. The Balaban J connectivity index is 2.51. The first-order valence-corrected chi connectivity index (χ1v) is 4.55. The van der Waals surface area contributed by atoms with Gasteiger partial charge in [0.05, 0.1) is 6.54 Å². The molecular weight excluding hydrogens is 178 g/mol. The summed E-state index contributed by atoms with van der Waals surface area (Å²) in [4.78, 5) is 0. The largest absolute Gasteiger partial charge is 0.459 e. The van der Waals surface area contributed by atoms with Crippen LogP contribution in [0.2, 0.25) is 0 Å². The van der Waals surface area contributed by atoms with Gasteiger partial charge in [-0.1, -0.05) is 18.2 Å². The van der Waals surface area contributed by atoms with Gasteiger partial charge in [-0.25, -0.2) is 0 Å². The zero-order chi connectivity index (χ0) is 10.1.